The van der Waals surface area contributed by atoms with Gasteiger partial charge >= 0.3 is 5.69 Å². The molecule has 7 nitrogen and oxygen atoms in total. The van der Waals surface area contributed by atoms with E-state index in [9.17, 15) is 15.0 Å². The number of benzene rings is 2. The molecule has 0 aliphatic carbocycles. The average molecular weight is 411 g/mol. The highest BCUT2D eigenvalue weighted by Crippen LogP contribution is 2.37. The Balaban J connectivity index is 1.96. The molecule has 0 fully saturated rings. The first kappa shape index (κ1) is 21.6. The minimum Gasteiger partial charge on any atom is -0.508 e. The average Bonchev–Trinajstić information content (AvgIpc) is 3.08. The summed E-state index contributed by atoms with van der Waals surface area (Å²) in [4.78, 5) is 14.8. The van der Waals surface area contributed by atoms with Crippen LogP contribution in [0, 0.1) is 0 Å². The van der Waals surface area contributed by atoms with Gasteiger partial charge in [0, 0.05) is 12.6 Å². The van der Waals surface area contributed by atoms with Crippen molar-refractivity contribution in [2.24, 2.45) is 0 Å². The van der Waals surface area contributed by atoms with Crippen molar-refractivity contribution in [1.82, 2.24) is 19.7 Å². The van der Waals surface area contributed by atoms with Crippen LogP contribution in [0.2, 0.25) is 0 Å². The third-order valence-corrected chi connectivity index (χ3v) is 5.22. The number of phenols is 2. The number of aromatic hydroxyl groups is 2. The lowest BCUT2D eigenvalue weighted by atomic mass is 9.98. The molecular weight excluding hydrogens is 380 g/mol. The van der Waals surface area contributed by atoms with Gasteiger partial charge in [-0.15, -0.1) is 0 Å². The molecule has 30 heavy (non-hydrogen) atoms. The fraction of sp³-hybridized carbons (Fsp3) is 0.391. The van der Waals surface area contributed by atoms with E-state index in [0.29, 0.717) is 22.6 Å². The van der Waals surface area contributed by atoms with Crippen LogP contribution in [0.4, 0.5) is 0 Å². The van der Waals surface area contributed by atoms with E-state index in [1.54, 1.807) is 6.07 Å². The molecule has 2 aromatic carbocycles. The zero-order chi connectivity index (χ0) is 21.8. The quantitative estimate of drug-likeness (QED) is 0.522. The number of aromatic nitrogens is 3. The molecule has 0 saturated heterocycles. The Morgan fingerprint density at radius 2 is 1.83 bits per heavy atom. The van der Waals surface area contributed by atoms with Crippen molar-refractivity contribution in [3.8, 4) is 28.6 Å². The third-order valence-electron chi connectivity index (χ3n) is 5.22. The number of H-pyrrole nitrogens is 1. The van der Waals surface area contributed by atoms with Gasteiger partial charge in [-0.1, -0.05) is 39.3 Å². The normalized spacial score (nSPS) is 11.5. The second kappa shape index (κ2) is 9.17. The molecule has 3 rings (SSSR count). The summed E-state index contributed by atoms with van der Waals surface area (Å²) in [7, 11) is 2.10. The second-order valence-corrected chi connectivity index (χ2v) is 8.03. The first-order valence-corrected chi connectivity index (χ1v) is 10.3. The Hall–Kier alpha value is -3.06. The number of nitrogens with zero attached hydrogens (tertiary/aromatic N) is 3. The van der Waals surface area contributed by atoms with Crippen LogP contribution in [-0.2, 0) is 6.54 Å². The van der Waals surface area contributed by atoms with Crippen LogP contribution in [-0.4, -0.2) is 43.5 Å². The van der Waals surface area contributed by atoms with Gasteiger partial charge in [0.2, 0.25) is 0 Å². The predicted molar refractivity (Wildman–Crippen MR) is 118 cm³/mol. The Bertz CT molecular complexity index is 1050. The van der Waals surface area contributed by atoms with Crippen LogP contribution >= 0.6 is 0 Å². The molecule has 0 aliphatic heterocycles. The monoisotopic (exact) mass is 410 g/mol. The fourth-order valence-electron chi connectivity index (χ4n) is 3.52. The van der Waals surface area contributed by atoms with Crippen molar-refractivity contribution in [2.45, 2.75) is 46.1 Å². The lowest BCUT2D eigenvalue weighted by molar-refractivity contribution is 0.321. The summed E-state index contributed by atoms with van der Waals surface area (Å²) in [6, 6.07) is 10.7. The number of rotatable bonds is 8. The van der Waals surface area contributed by atoms with Crippen molar-refractivity contribution >= 4 is 0 Å². The topological polar surface area (TPSA) is 94.4 Å². The molecule has 0 atom stereocenters. The summed E-state index contributed by atoms with van der Waals surface area (Å²) >= 11 is 0. The molecule has 0 spiro atoms. The highest BCUT2D eigenvalue weighted by molar-refractivity contribution is 5.69. The van der Waals surface area contributed by atoms with Crippen molar-refractivity contribution in [3.05, 3.63) is 58.0 Å². The van der Waals surface area contributed by atoms with Gasteiger partial charge in [0.05, 0.1) is 11.3 Å². The maximum absolute atomic E-state index is 12.5. The molecule has 0 amide bonds. The molecule has 0 unspecified atom stereocenters. The van der Waals surface area contributed by atoms with E-state index in [1.165, 1.54) is 10.6 Å². The third kappa shape index (κ3) is 4.57. The molecule has 3 N–H and O–H groups in total. The number of nitrogens with one attached hydrogen (secondary N) is 1. The van der Waals surface area contributed by atoms with Crippen molar-refractivity contribution in [2.75, 3.05) is 13.6 Å². The van der Waals surface area contributed by atoms with E-state index >= 15 is 0 Å². The van der Waals surface area contributed by atoms with E-state index < -0.39 is 5.69 Å². The molecule has 160 valence electrons. The first-order valence-electron chi connectivity index (χ1n) is 10.3. The fourth-order valence-corrected chi connectivity index (χ4v) is 3.52. The van der Waals surface area contributed by atoms with Crippen LogP contribution in [0.1, 0.15) is 50.7 Å². The molecule has 0 aliphatic rings. The summed E-state index contributed by atoms with van der Waals surface area (Å²) in [6.45, 7) is 7.96. The minimum atomic E-state index is -0.392. The van der Waals surface area contributed by atoms with Gasteiger partial charge in [0.25, 0.3) is 0 Å². The first-order chi connectivity index (χ1) is 14.3. The number of phenolic OH excluding ortho intramolecular Hbond substituents is 2. The van der Waals surface area contributed by atoms with E-state index in [-0.39, 0.29) is 17.4 Å². The van der Waals surface area contributed by atoms with Crippen molar-refractivity contribution in [1.29, 1.82) is 0 Å². The van der Waals surface area contributed by atoms with Gasteiger partial charge in [-0.05, 0) is 55.3 Å². The van der Waals surface area contributed by atoms with Gasteiger partial charge in [-0.3, -0.25) is 0 Å². The van der Waals surface area contributed by atoms with Gasteiger partial charge < -0.3 is 15.1 Å². The molecule has 3 aromatic rings. The van der Waals surface area contributed by atoms with Gasteiger partial charge in [-0.25, -0.2) is 14.5 Å². The summed E-state index contributed by atoms with van der Waals surface area (Å²) in [5.41, 5.74) is 2.48. The van der Waals surface area contributed by atoms with Crippen LogP contribution < -0.4 is 5.69 Å². The molecule has 7 heteroatoms. The van der Waals surface area contributed by atoms with Crippen LogP contribution in [0.25, 0.3) is 17.1 Å². The van der Waals surface area contributed by atoms with Crippen molar-refractivity contribution < 1.29 is 10.2 Å². The van der Waals surface area contributed by atoms with Gasteiger partial charge in [0.1, 0.15) is 11.5 Å². The lowest BCUT2D eigenvalue weighted by Gasteiger charge is -2.16. The standard InChI is InChI=1S/C23H30N4O3/c1-5-6-11-26(4)14-16-7-9-17(10-8-16)27-22(24-25-23(27)30)19-12-18(15(2)3)20(28)13-21(19)29/h7-10,12-13,15,28-29H,5-6,11,14H2,1-4H3,(H,25,30). The molecule has 0 saturated carbocycles. The Labute approximate surface area is 176 Å². The number of hydrogen-bond donors (Lipinski definition) is 3. The SMILES string of the molecule is CCCCN(C)Cc1ccc(-n2c(-c3cc(C(C)C)c(O)cc3O)n[nH]c2=O)cc1. The Morgan fingerprint density at radius 1 is 1.13 bits per heavy atom. The molecule has 1 heterocycles. The Morgan fingerprint density at radius 3 is 2.47 bits per heavy atom. The minimum absolute atomic E-state index is 0.0206. The van der Waals surface area contributed by atoms with Crippen LogP contribution in [0.5, 0.6) is 11.5 Å². The molecular formula is C23H30N4O3. The number of unbranched alkanes of at least 4 members (excludes halogenated alkanes) is 1. The highest BCUT2D eigenvalue weighted by Gasteiger charge is 2.19. The summed E-state index contributed by atoms with van der Waals surface area (Å²) in [5, 5.41) is 27.1. The van der Waals surface area contributed by atoms with E-state index in [2.05, 4.69) is 29.1 Å². The number of hydrogen-bond acceptors (Lipinski definition) is 5. The second-order valence-electron chi connectivity index (χ2n) is 8.03. The zero-order valence-corrected chi connectivity index (χ0v) is 18.0. The molecule has 0 bridgehead atoms. The van der Waals surface area contributed by atoms with E-state index in [0.717, 1.165) is 31.5 Å². The van der Waals surface area contributed by atoms with E-state index in [1.807, 2.05) is 38.1 Å². The molecule has 0 radical (unpaired) electrons. The van der Waals surface area contributed by atoms with Crippen LogP contribution in [0.15, 0.2) is 41.2 Å². The largest absolute Gasteiger partial charge is 0.508 e. The lowest BCUT2D eigenvalue weighted by Crippen LogP contribution is -2.19. The van der Waals surface area contributed by atoms with Gasteiger partial charge in [-0.2, -0.15) is 5.10 Å². The summed E-state index contributed by atoms with van der Waals surface area (Å²) in [6.07, 6.45) is 2.33. The maximum atomic E-state index is 12.5. The summed E-state index contributed by atoms with van der Waals surface area (Å²) in [5.74, 6) is 0.234. The number of aromatic amines is 1. The zero-order valence-electron chi connectivity index (χ0n) is 18.0. The smallest absolute Gasteiger partial charge is 0.348 e. The predicted octanol–water partition coefficient (Wildman–Crippen LogP) is 3.99. The van der Waals surface area contributed by atoms with Crippen molar-refractivity contribution in [3.63, 3.8) is 0 Å². The molecule has 1 aromatic heterocycles. The summed E-state index contributed by atoms with van der Waals surface area (Å²) < 4.78 is 1.43. The van der Waals surface area contributed by atoms with E-state index in [4.69, 9.17) is 0 Å². The van der Waals surface area contributed by atoms with Crippen LogP contribution in [0.3, 0.4) is 0 Å². The maximum Gasteiger partial charge on any atom is 0.348 e. The van der Waals surface area contributed by atoms with Gasteiger partial charge in [0.15, 0.2) is 5.82 Å². The Kier molecular flexibility index (Phi) is 6.62. The highest BCUT2D eigenvalue weighted by atomic mass is 16.3.